The second kappa shape index (κ2) is 6.42. The molecule has 1 aliphatic carbocycles. The lowest BCUT2D eigenvalue weighted by Crippen LogP contribution is -2.44. The van der Waals surface area contributed by atoms with E-state index < -0.39 is 22.0 Å². The van der Waals surface area contributed by atoms with Crippen molar-refractivity contribution in [2.75, 3.05) is 11.4 Å². The number of sulfonamides is 1. The molecule has 1 aromatic carbocycles. The van der Waals surface area contributed by atoms with E-state index in [1.54, 1.807) is 24.8 Å². The molecule has 1 heterocycles. The fourth-order valence-corrected chi connectivity index (χ4v) is 4.42. The molecule has 1 aliphatic heterocycles. The highest BCUT2D eigenvalue weighted by atomic mass is 32.2. The fraction of sp³-hybridized carbons (Fsp3) is 0.529. The first-order valence-corrected chi connectivity index (χ1v) is 9.88. The standard InChI is InChI=1S/C17H22N2O5S/c1-10(2)15(17(21)22)18-25(23,24)13-5-6-14-12(9-13)7-8-19(14)16(20)11-3-4-11/h5-6,9-11,15,18H,3-4,7-8H2,1-2H3,(H,21,22). The number of amides is 1. The van der Waals surface area contributed by atoms with Gasteiger partial charge in [-0.2, -0.15) is 4.72 Å². The molecular formula is C17H22N2O5S. The van der Waals surface area contributed by atoms with Crippen LogP contribution >= 0.6 is 0 Å². The number of hydrogen-bond donors (Lipinski definition) is 2. The molecule has 1 atom stereocenters. The van der Waals surface area contributed by atoms with E-state index >= 15 is 0 Å². The zero-order valence-electron chi connectivity index (χ0n) is 14.2. The second-order valence-corrected chi connectivity index (χ2v) is 8.70. The predicted octanol–water partition coefficient (Wildman–Crippen LogP) is 1.37. The van der Waals surface area contributed by atoms with E-state index in [2.05, 4.69) is 4.72 Å². The molecule has 1 amide bonds. The Kier molecular flexibility index (Phi) is 4.59. The number of benzene rings is 1. The highest BCUT2D eigenvalue weighted by Gasteiger charge is 2.37. The Labute approximate surface area is 147 Å². The topological polar surface area (TPSA) is 104 Å². The maximum Gasteiger partial charge on any atom is 0.322 e. The highest BCUT2D eigenvalue weighted by molar-refractivity contribution is 7.89. The van der Waals surface area contributed by atoms with E-state index in [4.69, 9.17) is 0 Å². The monoisotopic (exact) mass is 366 g/mol. The molecule has 1 fully saturated rings. The molecule has 1 unspecified atom stereocenters. The van der Waals surface area contributed by atoms with Crippen molar-refractivity contribution in [3.05, 3.63) is 23.8 Å². The fourth-order valence-electron chi connectivity index (χ4n) is 3.03. The van der Waals surface area contributed by atoms with Gasteiger partial charge in [0.1, 0.15) is 6.04 Å². The Morgan fingerprint density at radius 1 is 1.28 bits per heavy atom. The number of hydrogen-bond acceptors (Lipinski definition) is 4. The predicted molar refractivity (Wildman–Crippen MR) is 91.8 cm³/mol. The van der Waals surface area contributed by atoms with Crippen LogP contribution in [0, 0.1) is 11.8 Å². The SMILES string of the molecule is CC(C)C(NS(=O)(=O)c1ccc2c(c1)CCN2C(=O)C1CC1)C(=O)O. The summed E-state index contributed by atoms with van der Waals surface area (Å²) in [5, 5.41) is 9.19. The Morgan fingerprint density at radius 2 is 1.96 bits per heavy atom. The van der Waals surface area contributed by atoms with Gasteiger partial charge in [0.15, 0.2) is 0 Å². The quantitative estimate of drug-likeness (QED) is 0.791. The molecule has 2 aliphatic rings. The number of anilines is 1. The minimum absolute atomic E-state index is 0.0267. The molecule has 2 N–H and O–H groups in total. The first-order chi connectivity index (χ1) is 11.7. The van der Waals surface area contributed by atoms with Crippen LogP contribution in [0.4, 0.5) is 5.69 Å². The molecule has 136 valence electrons. The van der Waals surface area contributed by atoms with Crippen LogP contribution in [0.2, 0.25) is 0 Å². The highest BCUT2D eigenvalue weighted by Crippen LogP contribution is 2.37. The van der Waals surface area contributed by atoms with Crippen LogP contribution in [-0.4, -0.2) is 38.0 Å². The number of aliphatic carboxylic acids is 1. The number of nitrogens with one attached hydrogen (secondary N) is 1. The number of rotatable bonds is 6. The van der Waals surface area contributed by atoms with Crippen LogP contribution < -0.4 is 9.62 Å². The molecule has 8 heteroatoms. The number of carbonyl (C=O) groups is 2. The van der Waals surface area contributed by atoms with Gasteiger partial charge in [0.05, 0.1) is 4.90 Å². The lowest BCUT2D eigenvalue weighted by Gasteiger charge is -2.19. The van der Waals surface area contributed by atoms with Gasteiger partial charge in [0, 0.05) is 18.2 Å². The average Bonchev–Trinajstić information content (AvgIpc) is 3.30. The van der Waals surface area contributed by atoms with Crippen LogP contribution in [0.1, 0.15) is 32.3 Å². The maximum atomic E-state index is 12.5. The third-order valence-electron chi connectivity index (χ3n) is 4.66. The zero-order valence-corrected chi connectivity index (χ0v) is 15.0. The summed E-state index contributed by atoms with van der Waals surface area (Å²) >= 11 is 0. The van der Waals surface area contributed by atoms with Gasteiger partial charge in [-0.3, -0.25) is 9.59 Å². The average molecular weight is 366 g/mol. The van der Waals surface area contributed by atoms with Crippen LogP contribution in [0.25, 0.3) is 0 Å². The van der Waals surface area contributed by atoms with Crippen molar-refractivity contribution in [1.82, 2.24) is 4.72 Å². The van der Waals surface area contributed by atoms with Gasteiger partial charge in [0.2, 0.25) is 15.9 Å². The molecule has 0 spiro atoms. The molecule has 1 saturated carbocycles. The van der Waals surface area contributed by atoms with E-state index in [1.807, 2.05) is 0 Å². The van der Waals surface area contributed by atoms with Crippen molar-refractivity contribution < 1.29 is 23.1 Å². The number of carbonyl (C=O) groups excluding carboxylic acids is 1. The summed E-state index contributed by atoms with van der Waals surface area (Å²) in [5.74, 6) is -1.37. The van der Waals surface area contributed by atoms with Crippen LogP contribution in [0.15, 0.2) is 23.1 Å². The lowest BCUT2D eigenvalue weighted by molar-refractivity contribution is -0.140. The summed E-state index contributed by atoms with van der Waals surface area (Å²) in [6.07, 6.45) is 2.45. The molecule has 1 aromatic rings. The van der Waals surface area contributed by atoms with Crippen LogP contribution in [-0.2, 0) is 26.0 Å². The summed E-state index contributed by atoms with van der Waals surface area (Å²) in [6.45, 7) is 3.85. The molecule has 25 heavy (non-hydrogen) atoms. The molecule has 7 nitrogen and oxygen atoms in total. The van der Waals surface area contributed by atoms with Crippen LogP contribution in [0.3, 0.4) is 0 Å². The van der Waals surface area contributed by atoms with Gasteiger partial charge in [-0.1, -0.05) is 13.8 Å². The number of nitrogens with zero attached hydrogens (tertiary/aromatic N) is 1. The summed E-state index contributed by atoms with van der Waals surface area (Å²) in [7, 11) is -3.95. The van der Waals surface area contributed by atoms with Gasteiger partial charge in [-0.15, -0.1) is 0 Å². The summed E-state index contributed by atoms with van der Waals surface area (Å²) in [4.78, 5) is 25.3. The van der Waals surface area contributed by atoms with Gasteiger partial charge < -0.3 is 10.0 Å². The van der Waals surface area contributed by atoms with E-state index in [1.165, 1.54) is 12.1 Å². The van der Waals surface area contributed by atoms with Gasteiger partial charge in [-0.05, 0) is 48.9 Å². The smallest absolute Gasteiger partial charge is 0.322 e. The molecular weight excluding hydrogens is 344 g/mol. The first-order valence-electron chi connectivity index (χ1n) is 8.40. The number of fused-ring (bicyclic) bond motifs is 1. The van der Waals surface area contributed by atoms with Crippen LogP contribution in [0.5, 0.6) is 0 Å². The van der Waals surface area contributed by atoms with Gasteiger partial charge >= 0.3 is 5.97 Å². The Morgan fingerprint density at radius 3 is 2.52 bits per heavy atom. The van der Waals surface area contributed by atoms with Gasteiger partial charge in [-0.25, -0.2) is 8.42 Å². The summed E-state index contributed by atoms with van der Waals surface area (Å²) in [6, 6.07) is 3.42. The van der Waals surface area contributed by atoms with E-state index in [0.717, 1.165) is 24.1 Å². The molecule has 0 saturated heterocycles. The normalized spacial score (nSPS) is 18.3. The molecule has 0 bridgehead atoms. The van der Waals surface area contributed by atoms with E-state index in [-0.39, 0.29) is 22.6 Å². The largest absolute Gasteiger partial charge is 0.480 e. The van der Waals surface area contributed by atoms with Crippen molar-refractivity contribution >= 4 is 27.6 Å². The molecule has 3 rings (SSSR count). The van der Waals surface area contributed by atoms with Crippen molar-refractivity contribution in [3.8, 4) is 0 Å². The summed E-state index contributed by atoms with van der Waals surface area (Å²) in [5.41, 5.74) is 1.56. The first kappa shape index (κ1) is 17.9. The second-order valence-electron chi connectivity index (χ2n) is 6.99. The summed E-state index contributed by atoms with van der Waals surface area (Å²) < 4.78 is 27.3. The van der Waals surface area contributed by atoms with Crippen molar-refractivity contribution in [3.63, 3.8) is 0 Å². The van der Waals surface area contributed by atoms with Gasteiger partial charge in [0.25, 0.3) is 0 Å². The Hall–Kier alpha value is -1.93. The van der Waals surface area contributed by atoms with E-state index in [0.29, 0.717) is 13.0 Å². The Balaban J connectivity index is 1.84. The van der Waals surface area contributed by atoms with Crippen molar-refractivity contribution in [2.24, 2.45) is 11.8 Å². The van der Waals surface area contributed by atoms with Crippen molar-refractivity contribution in [2.45, 2.75) is 44.0 Å². The minimum Gasteiger partial charge on any atom is -0.480 e. The van der Waals surface area contributed by atoms with Crippen molar-refractivity contribution in [1.29, 1.82) is 0 Å². The third kappa shape index (κ3) is 3.55. The number of carboxylic acid groups (broad SMARTS) is 1. The molecule has 0 aromatic heterocycles. The lowest BCUT2D eigenvalue weighted by atomic mass is 10.1. The molecule has 0 radical (unpaired) electrons. The maximum absolute atomic E-state index is 12.5. The minimum atomic E-state index is -3.95. The third-order valence-corrected chi connectivity index (χ3v) is 6.10. The zero-order chi connectivity index (χ0) is 18.4. The number of carboxylic acids is 1. The Bertz CT molecular complexity index is 814. The van der Waals surface area contributed by atoms with E-state index in [9.17, 15) is 23.1 Å².